The van der Waals surface area contributed by atoms with Crippen molar-refractivity contribution in [3.8, 4) is 0 Å². The van der Waals surface area contributed by atoms with Crippen LogP contribution in [0.5, 0.6) is 0 Å². The molecule has 1 aliphatic heterocycles. The van der Waals surface area contributed by atoms with Crippen LogP contribution in [0.1, 0.15) is 53.8 Å². The van der Waals surface area contributed by atoms with Gasteiger partial charge in [0.15, 0.2) is 6.54 Å². The van der Waals surface area contributed by atoms with Gasteiger partial charge in [-0.3, -0.25) is 4.79 Å². The van der Waals surface area contributed by atoms with Gasteiger partial charge in [-0.25, -0.2) is 0 Å². The molecule has 1 aliphatic carbocycles. The zero-order chi connectivity index (χ0) is 16.4. The highest BCUT2D eigenvalue weighted by molar-refractivity contribution is 7.10. The molecular weight excluding hydrogens is 316 g/mol. The van der Waals surface area contributed by atoms with Crippen LogP contribution >= 0.6 is 11.3 Å². The first-order chi connectivity index (χ1) is 11.8. The smallest absolute Gasteiger partial charge is 0.275 e. The van der Waals surface area contributed by atoms with Gasteiger partial charge in [-0.1, -0.05) is 30.3 Å². The molecule has 1 unspecified atom stereocenters. The van der Waals surface area contributed by atoms with E-state index in [1.807, 2.05) is 11.3 Å². The summed E-state index contributed by atoms with van der Waals surface area (Å²) in [6.45, 7) is 1.71. The topological polar surface area (TPSA) is 33.5 Å². The van der Waals surface area contributed by atoms with Gasteiger partial charge in [0.1, 0.15) is 6.04 Å². The van der Waals surface area contributed by atoms with Crippen molar-refractivity contribution in [2.75, 3.05) is 13.1 Å². The number of fused-ring (bicyclic) bond motifs is 1. The molecule has 1 fully saturated rings. The van der Waals surface area contributed by atoms with Gasteiger partial charge in [0.25, 0.3) is 5.91 Å². The Kier molecular flexibility index (Phi) is 4.67. The quantitative estimate of drug-likeness (QED) is 0.881. The number of rotatable bonds is 4. The second kappa shape index (κ2) is 7.08. The standard InChI is InChI=1S/C20H24N2OS/c23-20(14-22-12-4-10-18(22)19-11-5-13-24-19)21-17-9-3-7-15-6-1-2-8-16(15)17/h1-2,5-6,8,11,13,17-18H,3-4,7,9-10,12,14H2,(H,21,23)/p+1/t17-,18+/m0/s1. The molecular formula is C20H25N2OS+. The lowest BCUT2D eigenvalue weighted by atomic mass is 9.88. The number of quaternary nitrogens is 1. The number of amides is 1. The summed E-state index contributed by atoms with van der Waals surface area (Å²) in [6, 6.07) is 13.6. The van der Waals surface area contributed by atoms with Crippen LogP contribution in [-0.4, -0.2) is 19.0 Å². The van der Waals surface area contributed by atoms with Crippen LogP contribution in [0.2, 0.25) is 0 Å². The largest absolute Gasteiger partial charge is 0.344 e. The van der Waals surface area contributed by atoms with Crippen LogP contribution in [0.25, 0.3) is 0 Å². The summed E-state index contributed by atoms with van der Waals surface area (Å²) in [5.41, 5.74) is 2.72. The normalized spacial score (nSPS) is 26.1. The molecule has 1 aromatic carbocycles. The third kappa shape index (κ3) is 3.26. The maximum Gasteiger partial charge on any atom is 0.275 e. The molecule has 0 saturated carbocycles. The Bertz CT molecular complexity index is 697. The van der Waals surface area contributed by atoms with Crippen LogP contribution in [0, 0.1) is 0 Å². The van der Waals surface area contributed by atoms with Crippen molar-refractivity contribution < 1.29 is 9.69 Å². The van der Waals surface area contributed by atoms with Crippen molar-refractivity contribution >= 4 is 17.2 Å². The summed E-state index contributed by atoms with van der Waals surface area (Å²) in [5, 5.41) is 5.45. The highest BCUT2D eigenvalue weighted by atomic mass is 32.1. The summed E-state index contributed by atoms with van der Waals surface area (Å²) in [4.78, 5) is 15.5. The van der Waals surface area contributed by atoms with E-state index in [9.17, 15) is 4.79 Å². The molecule has 2 aromatic rings. The van der Waals surface area contributed by atoms with Gasteiger partial charge in [0, 0.05) is 12.8 Å². The number of nitrogens with one attached hydrogen (secondary N) is 2. The van der Waals surface area contributed by atoms with Crippen LogP contribution < -0.4 is 10.2 Å². The van der Waals surface area contributed by atoms with Gasteiger partial charge in [0.05, 0.1) is 17.5 Å². The fourth-order valence-electron chi connectivity index (χ4n) is 4.31. The Morgan fingerprint density at radius 1 is 1.17 bits per heavy atom. The van der Waals surface area contributed by atoms with Gasteiger partial charge >= 0.3 is 0 Å². The summed E-state index contributed by atoms with van der Waals surface area (Å²) in [7, 11) is 0. The number of thiophene rings is 1. The van der Waals surface area contributed by atoms with E-state index in [4.69, 9.17) is 0 Å². The first-order valence-corrected chi connectivity index (χ1v) is 9.94. The van der Waals surface area contributed by atoms with Crippen molar-refractivity contribution in [3.05, 3.63) is 57.8 Å². The van der Waals surface area contributed by atoms with E-state index in [0.717, 1.165) is 25.8 Å². The fourth-order valence-corrected chi connectivity index (χ4v) is 5.23. The highest BCUT2D eigenvalue weighted by Crippen LogP contribution is 2.29. The highest BCUT2D eigenvalue weighted by Gasteiger charge is 2.33. The lowest BCUT2D eigenvalue weighted by Crippen LogP contribution is -3.11. The van der Waals surface area contributed by atoms with Gasteiger partial charge in [-0.2, -0.15) is 0 Å². The summed E-state index contributed by atoms with van der Waals surface area (Å²) >= 11 is 1.82. The summed E-state index contributed by atoms with van der Waals surface area (Å²) in [5.74, 6) is 0.204. The van der Waals surface area contributed by atoms with Crippen molar-refractivity contribution in [1.29, 1.82) is 0 Å². The first-order valence-electron chi connectivity index (χ1n) is 9.06. The number of carbonyl (C=O) groups excluding carboxylic acids is 1. The number of benzene rings is 1. The van der Waals surface area contributed by atoms with E-state index in [2.05, 4.69) is 47.1 Å². The predicted octanol–water partition coefficient (Wildman–Crippen LogP) is 2.66. The minimum atomic E-state index is 0.199. The van der Waals surface area contributed by atoms with Gasteiger partial charge in [0.2, 0.25) is 0 Å². The summed E-state index contributed by atoms with van der Waals surface area (Å²) < 4.78 is 0. The molecule has 2 N–H and O–H groups in total. The van der Waals surface area contributed by atoms with E-state index in [1.54, 1.807) is 0 Å². The SMILES string of the molecule is O=C(C[NH+]1CCC[C@@H]1c1cccs1)N[C@H]1CCCc2ccccc21. The molecule has 1 aromatic heterocycles. The Labute approximate surface area is 147 Å². The molecule has 0 spiro atoms. The van der Waals surface area contributed by atoms with Gasteiger partial charge in [-0.15, -0.1) is 11.3 Å². The number of likely N-dealkylation sites (tertiary alicyclic amines) is 1. The van der Waals surface area contributed by atoms with E-state index in [0.29, 0.717) is 12.6 Å². The fraction of sp³-hybridized carbons (Fsp3) is 0.450. The number of hydrogen-bond acceptors (Lipinski definition) is 2. The number of hydrogen-bond donors (Lipinski definition) is 2. The monoisotopic (exact) mass is 341 g/mol. The molecule has 2 aliphatic rings. The zero-order valence-corrected chi connectivity index (χ0v) is 14.8. The van der Waals surface area contributed by atoms with E-state index in [-0.39, 0.29) is 11.9 Å². The molecule has 24 heavy (non-hydrogen) atoms. The molecule has 126 valence electrons. The number of aryl methyl sites for hydroxylation is 1. The van der Waals surface area contributed by atoms with Gasteiger partial charge in [-0.05, 0) is 41.8 Å². The van der Waals surface area contributed by atoms with E-state index < -0.39 is 0 Å². The van der Waals surface area contributed by atoms with Crippen LogP contribution in [-0.2, 0) is 11.2 Å². The minimum Gasteiger partial charge on any atom is -0.344 e. The molecule has 2 heterocycles. The Morgan fingerprint density at radius 2 is 2.08 bits per heavy atom. The Hall–Kier alpha value is -1.65. The van der Waals surface area contributed by atoms with E-state index in [1.165, 1.54) is 33.7 Å². The Balaban J connectivity index is 1.41. The second-order valence-corrected chi connectivity index (χ2v) is 7.99. The molecule has 0 radical (unpaired) electrons. The molecule has 1 amide bonds. The average Bonchev–Trinajstić information content (AvgIpc) is 3.26. The third-order valence-electron chi connectivity index (χ3n) is 5.46. The average molecular weight is 342 g/mol. The molecule has 4 rings (SSSR count). The first kappa shape index (κ1) is 15.9. The van der Waals surface area contributed by atoms with Crippen LogP contribution in [0.4, 0.5) is 0 Å². The zero-order valence-electron chi connectivity index (χ0n) is 14.0. The number of carbonyl (C=O) groups is 1. The predicted molar refractivity (Wildman–Crippen MR) is 97.3 cm³/mol. The molecule has 0 bridgehead atoms. The van der Waals surface area contributed by atoms with E-state index >= 15 is 0 Å². The maximum atomic E-state index is 12.7. The van der Waals surface area contributed by atoms with Gasteiger partial charge < -0.3 is 10.2 Å². The maximum absolute atomic E-state index is 12.7. The second-order valence-electron chi connectivity index (χ2n) is 7.01. The van der Waals surface area contributed by atoms with Crippen molar-refractivity contribution in [1.82, 2.24) is 5.32 Å². The van der Waals surface area contributed by atoms with Crippen molar-refractivity contribution in [2.24, 2.45) is 0 Å². The lowest BCUT2D eigenvalue weighted by molar-refractivity contribution is -0.910. The Morgan fingerprint density at radius 3 is 2.96 bits per heavy atom. The van der Waals surface area contributed by atoms with Crippen LogP contribution in [0.15, 0.2) is 41.8 Å². The molecule has 1 saturated heterocycles. The van der Waals surface area contributed by atoms with Crippen LogP contribution in [0.3, 0.4) is 0 Å². The summed E-state index contributed by atoms with van der Waals surface area (Å²) in [6.07, 6.45) is 5.79. The third-order valence-corrected chi connectivity index (χ3v) is 6.45. The van der Waals surface area contributed by atoms with Crippen molar-refractivity contribution in [3.63, 3.8) is 0 Å². The lowest BCUT2D eigenvalue weighted by Gasteiger charge is -2.27. The molecule has 3 nitrogen and oxygen atoms in total. The van der Waals surface area contributed by atoms with Crippen molar-refractivity contribution in [2.45, 2.75) is 44.2 Å². The molecule has 3 atom stereocenters. The molecule has 4 heteroatoms. The minimum absolute atomic E-state index is 0.199.